The number of halogens is 2. The van der Waals surface area contributed by atoms with Gasteiger partial charge in [-0.1, -0.05) is 37.1 Å². The summed E-state index contributed by atoms with van der Waals surface area (Å²) >= 11 is 3.14. The van der Waals surface area contributed by atoms with Crippen molar-refractivity contribution in [2.75, 3.05) is 19.6 Å². The van der Waals surface area contributed by atoms with Crippen LogP contribution in [0.5, 0.6) is 0 Å². The summed E-state index contributed by atoms with van der Waals surface area (Å²) in [5, 5.41) is 2.89. The van der Waals surface area contributed by atoms with Gasteiger partial charge in [0.2, 0.25) is 5.91 Å². The van der Waals surface area contributed by atoms with E-state index in [1.54, 1.807) is 18.2 Å². The first-order valence-electron chi connectivity index (χ1n) is 10.8. The van der Waals surface area contributed by atoms with Crippen LogP contribution in [0.25, 0.3) is 6.08 Å². The number of likely N-dealkylation sites (tertiary alicyclic amines) is 1. The molecule has 0 bridgehead atoms. The maximum absolute atomic E-state index is 13.2. The Kier molecular flexibility index (Phi) is 8.83. The van der Waals surface area contributed by atoms with E-state index < -0.39 is 0 Å². The van der Waals surface area contributed by atoms with Gasteiger partial charge in [-0.25, -0.2) is 4.39 Å². The standard InChI is InChI=1S/C25H28BrFN2O2/c26-22-18-20(9-11-23(22)27)10-12-24(30)28-15-5-4-6-19-13-16-29(17-14-19)25(31)21-7-2-1-3-8-21/h1-3,7-12,18-19H,4-6,13-17H2,(H,28,30)/b12-10+. The zero-order valence-corrected chi connectivity index (χ0v) is 19.1. The van der Waals surface area contributed by atoms with Crippen LogP contribution >= 0.6 is 15.9 Å². The lowest BCUT2D eigenvalue weighted by atomic mass is 9.91. The Morgan fingerprint density at radius 3 is 2.55 bits per heavy atom. The molecular formula is C25H28BrFN2O2. The van der Waals surface area contributed by atoms with Crippen LogP contribution in [-0.2, 0) is 4.79 Å². The maximum atomic E-state index is 13.2. The molecule has 0 atom stereocenters. The topological polar surface area (TPSA) is 49.4 Å². The first kappa shape index (κ1) is 23.2. The largest absolute Gasteiger partial charge is 0.353 e. The molecule has 0 unspecified atom stereocenters. The van der Waals surface area contributed by atoms with Crippen LogP contribution in [0, 0.1) is 11.7 Å². The Morgan fingerprint density at radius 2 is 1.84 bits per heavy atom. The first-order chi connectivity index (χ1) is 15.0. The highest BCUT2D eigenvalue weighted by Gasteiger charge is 2.23. The molecule has 0 spiro atoms. The van der Waals surface area contributed by atoms with Crippen LogP contribution in [0.15, 0.2) is 59.1 Å². The number of benzene rings is 2. The normalized spacial score (nSPS) is 14.7. The van der Waals surface area contributed by atoms with Crippen molar-refractivity contribution in [1.29, 1.82) is 0 Å². The summed E-state index contributed by atoms with van der Waals surface area (Å²) in [6, 6.07) is 14.1. The minimum Gasteiger partial charge on any atom is -0.353 e. The lowest BCUT2D eigenvalue weighted by Crippen LogP contribution is -2.38. The van der Waals surface area contributed by atoms with E-state index in [1.165, 1.54) is 12.1 Å². The molecule has 1 aliphatic heterocycles. The predicted molar refractivity (Wildman–Crippen MR) is 125 cm³/mol. The summed E-state index contributed by atoms with van der Waals surface area (Å²) < 4.78 is 13.6. The summed E-state index contributed by atoms with van der Waals surface area (Å²) in [6.45, 7) is 2.28. The van der Waals surface area contributed by atoms with E-state index in [9.17, 15) is 14.0 Å². The summed E-state index contributed by atoms with van der Waals surface area (Å²) in [6.07, 6.45) is 8.35. The molecule has 1 aliphatic rings. The van der Waals surface area contributed by atoms with Crippen molar-refractivity contribution in [3.05, 3.63) is 76.0 Å². The molecule has 0 aliphatic carbocycles. The molecule has 2 aromatic rings. The number of amides is 2. The lowest BCUT2D eigenvalue weighted by molar-refractivity contribution is -0.116. The van der Waals surface area contributed by atoms with E-state index in [0.717, 1.165) is 56.3 Å². The number of nitrogens with zero attached hydrogens (tertiary/aromatic N) is 1. The van der Waals surface area contributed by atoms with Crippen molar-refractivity contribution in [1.82, 2.24) is 10.2 Å². The number of hydrogen-bond donors (Lipinski definition) is 1. The van der Waals surface area contributed by atoms with Crippen molar-refractivity contribution in [2.45, 2.75) is 32.1 Å². The summed E-state index contributed by atoms with van der Waals surface area (Å²) in [5.41, 5.74) is 1.53. The molecule has 0 saturated carbocycles. The Labute approximate surface area is 191 Å². The third-order valence-corrected chi connectivity index (χ3v) is 6.24. The molecule has 164 valence electrons. The van der Waals surface area contributed by atoms with Gasteiger partial charge in [-0.2, -0.15) is 0 Å². The second kappa shape index (κ2) is 11.8. The number of nitrogens with one attached hydrogen (secondary N) is 1. The molecule has 2 aromatic carbocycles. The Balaban J connectivity index is 1.28. The summed E-state index contributed by atoms with van der Waals surface area (Å²) in [4.78, 5) is 26.4. The van der Waals surface area contributed by atoms with Gasteiger partial charge in [0, 0.05) is 31.3 Å². The van der Waals surface area contributed by atoms with Crippen LogP contribution in [-0.4, -0.2) is 36.3 Å². The summed E-state index contributed by atoms with van der Waals surface area (Å²) in [7, 11) is 0. The van der Waals surface area contributed by atoms with E-state index in [0.29, 0.717) is 16.9 Å². The van der Waals surface area contributed by atoms with Gasteiger partial charge in [0.1, 0.15) is 5.82 Å². The average molecular weight is 487 g/mol. The number of piperidine rings is 1. The number of carbonyl (C=O) groups is 2. The molecule has 1 N–H and O–H groups in total. The highest BCUT2D eigenvalue weighted by Crippen LogP contribution is 2.23. The van der Waals surface area contributed by atoms with Crippen LogP contribution < -0.4 is 5.32 Å². The molecule has 1 heterocycles. The average Bonchev–Trinajstić information content (AvgIpc) is 2.80. The first-order valence-corrected chi connectivity index (χ1v) is 11.6. The summed E-state index contributed by atoms with van der Waals surface area (Å²) in [5.74, 6) is 0.304. The van der Waals surface area contributed by atoms with Crippen molar-refractivity contribution in [3.63, 3.8) is 0 Å². The van der Waals surface area contributed by atoms with E-state index in [-0.39, 0.29) is 17.6 Å². The van der Waals surface area contributed by atoms with Gasteiger partial charge < -0.3 is 10.2 Å². The Hall–Kier alpha value is -2.47. The van der Waals surface area contributed by atoms with Crippen LogP contribution in [0.2, 0.25) is 0 Å². The van der Waals surface area contributed by atoms with Crippen molar-refractivity contribution in [3.8, 4) is 0 Å². The van der Waals surface area contributed by atoms with E-state index in [4.69, 9.17) is 0 Å². The molecule has 0 radical (unpaired) electrons. The highest BCUT2D eigenvalue weighted by atomic mass is 79.9. The van der Waals surface area contributed by atoms with Crippen molar-refractivity contribution in [2.24, 2.45) is 5.92 Å². The van der Waals surface area contributed by atoms with E-state index in [2.05, 4.69) is 21.2 Å². The van der Waals surface area contributed by atoms with Gasteiger partial charge in [-0.05, 0) is 77.0 Å². The highest BCUT2D eigenvalue weighted by molar-refractivity contribution is 9.10. The molecular weight excluding hydrogens is 459 g/mol. The molecule has 0 aromatic heterocycles. The van der Waals surface area contributed by atoms with Crippen LogP contribution in [0.4, 0.5) is 4.39 Å². The fourth-order valence-corrected chi connectivity index (χ4v) is 4.20. The van der Waals surface area contributed by atoms with E-state index >= 15 is 0 Å². The fourth-order valence-electron chi connectivity index (χ4n) is 3.80. The quantitative estimate of drug-likeness (QED) is 0.398. The van der Waals surface area contributed by atoms with Gasteiger partial charge in [0.25, 0.3) is 5.91 Å². The second-order valence-electron chi connectivity index (χ2n) is 7.90. The van der Waals surface area contributed by atoms with Crippen LogP contribution in [0.1, 0.15) is 48.0 Å². The van der Waals surface area contributed by atoms with E-state index in [1.807, 2.05) is 35.2 Å². The molecule has 3 rings (SSSR count). The van der Waals surface area contributed by atoms with Gasteiger partial charge in [0.05, 0.1) is 4.47 Å². The van der Waals surface area contributed by atoms with Crippen LogP contribution in [0.3, 0.4) is 0 Å². The molecule has 4 nitrogen and oxygen atoms in total. The lowest BCUT2D eigenvalue weighted by Gasteiger charge is -2.32. The van der Waals surface area contributed by atoms with Gasteiger partial charge >= 0.3 is 0 Å². The molecule has 2 amide bonds. The maximum Gasteiger partial charge on any atom is 0.253 e. The van der Waals surface area contributed by atoms with Crippen molar-refractivity contribution < 1.29 is 14.0 Å². The molecule has 1 fully saturated rings. The minimum absolute atomic E-state index is 0.128. The second-order valence-corrected chi connectivity index (χ2v) is 8.75. The third kappa shape index (κ3) is 7.31. The van der Waals surface area contributed by atoms with Gasteiger partial charge in [0.15, 0.2) is 0 Å². The number of unbranched alkanes of at least 4 members (excludes halogenated alkanes) is 1. The SMILES string of the molecule is O=C(/C=C/c1ccc(F)c(Br)c1)NCCCCC1CCN(C(=O)c2ccccc2)CC1. The molecule has 1 saturated heterocycles. The Bertz CT molecular complexity index is 909. The fraction of sp³-hybridized carbons (Fsp3) is 0.360. The third-order valence-electron chi connectivity index (χ3n) is 5.63. The smallest absolute Gasteiger partial charge is 0.253 e. The monoisotopic (exact) mass is 486 g/mol. The zero-order valence-electron chi connectivity index (χ0n) is 17.5. The van der Waals surface area contributed by atoms with Gasteiger partial charge in [-0.15, -0.1) is 0 Å². The molecule has 6 heteroatoms. The Morgan fingerprint density at radius 1 is 1.10 bits per heavy atom. The zero-order chi connectivity index (χ0) is 22.1. The number of rotatable bonds is 8. The number of carbonyl (C=O) groups excluding carboxylic acids is 2. The van der Waals surface area contributed by atoms with Crippen molar-refractivity contribution >= 4 is 33.8 Å². The molecule has 31 heavy (non-hydrogen) atoms. The number of hydrogen-bond acceptors (Lipinski definition) is 2. The predicted octanol–water partition coefficient (Wildman–Crippen LogP) is 5.44. The van der Waals surface area contributed by atoms with Gasteiger partial charge in [-0.3, -0.25) is 9.59 Å². The minimum atomic E-state index is -0.324.